The van der Waals surface area contributed by atoms with E-state index in [-0.39, 0.29) is 76.0 Å². The van der Waals surface area contributed by atoms with E-state index in [1.807, 2.05) is 0 Å². The van der Waals surface area contributed by atoms with Crippen LogP contribution in [0.1, 0.15) is 207 Å². The molecule has 0 aromatic heterocycles. The zero-order chi connectivity index (χ0) is 44.8. The number of thioether (sulfide) groups is 4. The first-order chi connectivity index (χ1) is 29.8. The van der Waals surface area contributed by atoms with E-state index in [9.17, 15) is 19.2 Å². The molecule has 0 spiro atoms. The summed E-state index contributed by atoms with van der Waals surface area (Å²) in [6.07, 6.45) is 30.6. The lowest BCUT2D eigenvalue weighted by Crippen LogP contribution is -2.44. The van der Waals surface area contributed by atoms with Crippen LogP contribution in [0.4, 0.5) is 0 Å². The van der Waals surface area contributed by atoms with Crippen molar-refractivity contribution in [1.29, 1.82) is 0 Å². The molecule has 0 bridgehead atoms. The molecule has 0 unspecified atom stereocenters. The average molecular weight is 938 g/mol. The van der Waals surface area contributed by atoms with Crippen LogP contribution < -0.4 is 0 Å². The maximum atomic E-state index is 13.0. The first-order valence-electron chi connectivity index (χ1n) is 24.8. The van der Waals surface area contributed by atoms with Crippen LogP contribution in [0.15, 0.2) is 0 Å². The molecule has 0 aromatic carbocycles. The number of rotatable bonds is 48. The van der Waals surface area contributed by atoms with Gasteiger partial charge in [0.1, 0.15) is 31.8 Å². The highest BCUT2D eigenvalue weighted by atomic mass is 32.2. The molecule has 12 heteroatoms. The molecule has 0 radical (unpaired) electrons. The molecular weight excluding hydrogens is 845 g/mol. The average Bonchev–Trinajstić information content (AvgIpc) is 3.26. The van der Waals surface area contributed by atoms with Gasteiger partial charge in [-0.25, -0.2) is 0 Å². The van der Waals surface area contributed by atoms with E-state index in [1.165, 1.54) is 128 Å². The van der Waals surface area contributed by atoms with Crippen molar-refractivity contribution in [3.8, 4) is 0 Å². The predicted molar refractivity (Wildman–Crippen MR) is 268 cm³/mol. The molecule has 0 heterocycles. The van der Waals surface area contributed by atoms with E-state index < -0.39 is 5.41 Å². The Morgan fingerprint density at radius 3 is 0.705 bits per heavy atom. The lowest BCUT2D eigenvalue weighted by Gasteiger charge is -2.31. The van der Waals surface area contributed by atoms with Crippen LogP contribution >= 0.6 is 47.0 Å². The van der Waals surface area contributed by atoms with Crippen LogP contribution in [0.3, 0.4) is 0 Å². The standard InChI is InChI=1S/C49H92O8S4/c1-5-9-13-17-21-25-33-58-37-29-45(50)54-41-49(42-55-46(51)30-38-59-34-26-22-18-14-10-6-2,43-56-47(52)31-39-60-35-27-23-19-15-11-7-3)44-57-48(53)32-40-61-36-28-24-20-16-12-8-4/h5-44H2,1-4H3. The summed E-state index contributed by atoms with van der Waals surface area (Å²) in [5.41, 5.74) is -1.22. The first kappa shape index (κ1) is 60.3. The summed E-state index contributed by atoms with van der Waals surface area (Å²) >= 11 is 7.02. The zero-order valence-corrected chi connectivity index (χ0v) is 42.9. The monoisotopic (exact) mass is 937 g/mol. The van der Waals surface area contributed by atoms with Crippen molar-refractivity contribution in [3.63, 3.8) is 0 Å². The smallest absolute Gasteiger partial charge is 0.306 e. The summed E-state index contributed by atoms with van der Waals surface area (Å²) in [5, 5.41) is 0. The summed E-state index contributed by atoms with van der Waals surface area (Å²) in [6.45, 7) is 8.14. The molecule has 0 aliphatic heterocycles. The van der Waals surface area contributed by atoms with Gasteiger partial charge < -0.3 is 18.9 Å². The van der Waals surface area contributed by atoms with E-state index in [4.69, 9.17) is 18.9 Å². The Morgan fingerprint density at radius 2 is 0.492 bits per heavy atom. The number of ether oxygens (including phenoxy) is 4. The van der Waals surface area contributed by atoms with Gasteiger partial charge in [-0.05, 0) is 48.7 Å². The largest absolute Gasteiger partial charge is 0.465 e. The van der Waals surface area contributed by atoms with Gasteiger partial charge in [-0.1, -0.05) is 156 Å². The number of unbranched alkanes of at least 4 members (excludes halogenated alkanes) is 20. The van der Waals surface area contributed by atoms with Crippen molar-refractivity contribution >= 4 is 70.9 Å². The summed E-state index contributed by atoms with van der Waals surface area (Å²) in [7, 11) is 0. The Balaban J connectivity index is 5.45. The van der Waals surface area contributed by atoms with Gasteiger partial charge in [0.15, 0.2) is 0 Å². The third-order valence-corrected chi connectivity index (χ3v) is 14.8. The summed E-state index contributed by atoms with van der Waals surface area (Å²) < 4.78 is 23.3. The van der Waals surface area contributed by atoms with Gasteiger partial charge in [0, 0.05) is 23.0 Å². The quantitative estimate of drug-likeness (QED) is 0.0329. The molecule has 0 saturated heterocycles. The highest BCUT2D eigenvalue weighted by Gasteiger charge is 2.38. The molecular formula is C49H92O8S4. The lowest BCUT2D eigenvalue weighted by atomic mass is 9.92. The first-order valence-corrected chi connectivity index (χ1v) is 29.4. The molecule has 0 rings (SSSR count). The minimum absolute atomic E-state index is 0.186. The number of hydrogen-bond acceptors (Lipinski definition) is 12. The minimum atomic E-state index is -1.22. The Bertz CT molecular complexity index is 860. The summed E-state index contributed by atoms with van der Waals surface area (Å²) in [6, 6.07) is 0. The topological polar surface area (TPSA) is 105 Å². The maximum absolute atomic E-state index is 13.0. The second kappa shape index (κ2) is 47.2. The summed E-state index contributed by atoms with van der Waals surface area (Å²) in [4.78, 5) is 52.2. The molecule has 0 saturated carbocycles. The lowest BCUT2D eigenvalue weighted by molar-refractivity contribution is -0.170. The fraction of sp³-hybridized carbons (Fsp3) is 0.918. The number of esters is 4. The molecule has 0 aliphatic carbocycles. The van der Waals surface area contributed by atoms with E-state index in [2.05, 4.69) is 27.7 Å². The fourth-order valence-corrected chi connectivity index (χ4v) is 10.1. The molecule has 0 aliphatic rings. The predicted octanol–water partition coefficient (Wildman–Crippen LogP) is 14.1. The maximum Gasteiger partial charge on any atom is 0.306 e. The third-order valence-electron chi connectivity index (χ3n) is 10.5. The fourth-order valence-electron chi connectivity index (χ4n) is 6.44. The number of carbonyl (C=O) groups is 4. The molecule has 0 fully saturated rings. The Kier molecular flexibility index (Phi) is 46.7. The number of hydrogen-bond donors (Lipinski definition) is 0. The SMILES string of the molecule is CCCCCCCCSCCC(=O)OCC(COC(=O)CCSCCCCCCCC)(COC(=O)CCSCCCCCCCC)COC(=O)CCSCCCCCCCC. The second-order valence-corrected chi connectivity index (χ2v) is 21.6. The van der Waals surface area contributed by atoms with E-state index in [0.29, 0.717) is 23.0 Å². The van der Waals surface area contributed by atoms with Crippen molar-refractivity contribution in [2.45, 2.75) is 207 Å². The van der Waals surface area contributed by atoms with Gasteiger partial charge in [-0.3, -0.25) is 19.2 Å². The molecule has 0 amide bonds. The van der Waals surface area contributed by atoms with Crippen LogP contribution in [0, 0.1) is 5.41 Å². The molecule has 0 N–H and O–H groups in total. The van der Waals surface area contributed by atoms with Gasteiger partial charge in [0.2, 0.25) is 0 Å². The van der Waals surface area contributed by atoms with E-state index in [0.717, 1.165) is 48.7 Å². The van der Waals surface area contributed by atoms with Crippen LogP contribution in [-0.2, 0) is 38.1 Å². The van der Waals surface area contributed by atoms with Crippen molar-refractivity contribution in [1.82, 2.24) is 0 Å². The Morgan fingerprint density at radius 1 is 0.295 bits per heavy atom. The van der Waals surface area contributed by atoms with Crippen molar-refractivity contribution in [2.75, 3.05) is 72.5 Å². The van der Waals surface area contributed by atoms with Crippen LogP contribution in [0.25, 0.3) is 0 Å². The highest BCUT2D eigenvalue weighted by Crippen LogP contribution is 2.24. The Hall–Kier alpha value is -0.720. The van der Waals surface area contributed by atoms with Crippen LogP contribution in [-0.4, -0.2) is 96.3 Å². The zero-order valence-electron chi connectivity index (χ0n) is 39.7. The van der Waals surface area contributed by atoms with Crippen LogP contribution in [0.2, 0.25) is 0 Å². The molecule has 61 heavy (non-hydrogen) atoms. The molecule has 360 valence electrons. The van der Waals surface area contributed by atoms with Gasteiger partial charge in [0.05, 0.1) is 25.7 Å². The van der Waals surface area contributed by atoms with E-state index in [1.54, 1.807) is 47.0 Å². The Labute approximate surface area is 392 Å². The molecule has 8 nitrogen and oxygen atoms in total. The van der Waals surface area contributed by atoms with Crippen molar-refractivity contribution in [2.24, 2.45) is 5.41 Å². The van der Waals surface area contributed by atoms with Crippen molar-refractivity contribution in [3.05, 3.63) is 0 Å². The number of carbonyl (C=O) groups excluding carboxylic acids is 4. The van der Waals surface area contributed by atoms with Gasteiger partial charge in [-0.15, -0.1) is 0 Å². The summed E-state index contributed by atoms with van der Waals surface area (Å²) in [5.74, 6) is 5.19. The van der Waals surface area contributed by atoms with Crippen molar-refractivity contribution < 1.29 is 38.1 Å². The van der Waals surface area contributed by atoms with Gasteiger partial charge >= 0.3 is 23.9 Å². The molecule has 0 atom stereocenters. The van der Waals surface area contributed by atoms with E-state index >= 15 is 0 Å². The normalized spacial score (nSPS) is 11.5. The molecule has 0 aromatic rings. The van der Waals surface area contributed by atoms with Crippen LogP contribution in [0.5, 0.6) is 0 Å². The second-order valence-electron chi connectivity index (χ2n) is 16.7. The third kappa shape index (κ3) is 43.0. The highest BCUT2D eigenvalue weighted by molar-refractivity contribution is 7.99. The van der Waals surface area contributed by atoms with Gasteiger partial charge in [-0.2, -0.15) is 47.0 Å². The van der Waals surface area contributed by atoms with Gasteiger partial charge in [0.25, 0.3) is 0 Å². The minimum Gasteiger partial charge on any atom is -0.465 e.